The van der Waals surface area contributed by atoms with Crippen LogP contribution >= 0.6 is 15.6 Å². The van der Waals surface area contributed by atoms with Crippen LogP contribution in [0.5, 0.6) is 0 Å². The average molecular weight is 1380 g/mol. The number of phosphoric acid groups is 2. The minimum absolute atomic E-state index is 0.0848. The number of rotatable bonds is 71. The van der Waals surface area contributed by atoms with Crippen molar-refractivity contribution in [2.75, 3.05) is 39.6 Å². The summed E-state index contributed by atoms with van der Waals surface area (Å²) >= 11 is 0. The first kappa shape index (κ1) is 91.5. The first-order chi connectivity index (χ1) is 45.2. The number of aliphatic hydroxyl groups excluding tert-OH is 1. The van der Waals surface area contributed by atoms with Crippen molar-refractivity contribution in [1.82, 2.24) is 0 Å². The van der Waals surface area contributed by atoms with Gasteiger partial charge in [0.2, 0.25) is 0 Å². The summed E-state index contributed by atoms with van der Waals surface area (Å²) in [6, 6.07) is 0. The molecule has 0 saturated carbocycles. The molecule has 19 heteroatoms. The van der Waals surface area contributed by atoms with Crippen molar-refractivity contribution in [1.29, 1.82) is 0 Å². The first-order valence-corrected chi connectivity index (χ1v) is 41.2. The molecule has 2 unspecified atom stereocenters. The zero-order chi connectivity index (χ0) is 69.4. The van der Waals surface area contributed by atoms with Crippen LogP contribution in [0.15, 0.2) is 24.3 Å². The number of hydrogen-bond acceptors (Lipinski definition) is 15. The van der Waals surface area contributed by atoms with E-state index in [0.29, 0.717) is 37.5 Å². The number of carbonyl (C=O) groups excluding carboxylic acids is 4. The molecular formula is C75H142O17P2. The highest BCUT2D eigenvalue weighted by molar-refractivity contribution is 7.47. The highest BCUT2D eigenvalue weighted by Crippen LogP contribution is 2.45. The van der Waals surface area contributed by atoms with Crippen molar-refractivity contribution >= 4 is 39.5 Å². The summed E-state index contributed by atoms with van der Waals surface area (Å²) in [6.07, 6.45) is 53.8. The molecule has 0 aromatic rings. The van der Waals surface area contributed by atoms with Crippen LogP contribution in [0.1, 0.15) is 357 Å². The summed E-state index contributed by atoms with van der Waals surface area (Å²) in [4.78, 5) is 72.6. The molecule has 0 bridgehead atoms. The normalized spacial score (nSPS) is 14.3. The summed E-state index contributed by atoms with van der Waals surface area (Å²) in [5.41, 5.74) is 0. The van der Waals surface area contributed by atoms with Crippen LogP contribution in [0.25, 0.3) is 0 Å². The van der Waals surface area contributed by atoms with Gasteiger partial charge in [0.1, 0.15) is 19.3 Å². The molecule has 3 N–H and O–H groups in total. The van der Waals surface area contributed by atoms with E-state index in [1.165, 1.54) is 148 Å². The summed E-state index contributed by atoms with van der Waals surface area (Å²) in [6.45, 7) is 11.7. The van der Waals surface area contributed by atoms with Crippen LogP contribution in [-0.2, 0) is 65.4 Å². The largest absolute Gasteiger partial charge is 0.472 e. The molecule has 0 aromatic carbocycles. The Bertz CT molecular complexity index is 1930. The second-order valence-electron chi connectivity index (χ2n) is 27.8. The molecule has 0 amide bonds. The predicted octanol–water partition coefficient (Wildman–Crippen LogP) is 21.3. The number of aliphatic hydroxyl groups is 1. The maximum Gasteiger partial charge on any atom is 0.472 e. The monoisotopic (exact) mass is 1380 g/mol. The van der Waals surface area contributed by atoms with Gasteiger partial charge in [0.05, 0.1) is 26.4 Å². The Morgan fingerprint density at radius 2 is 0.574 bits per heavy atom. The highest BCUT2D eigenvalue weighted by atomic mass is 31.2. The Balaban J connectivity index is 5.24. The molecule has 0 spiro atoms. The van der Waals surface area contributed by atoms with Gasteiger partial charge in [-0.15, -0.1) is 0 Å². The summed E-state index contributed by atoms with van der Waals surface area (Å²) in [5.74, 6) is 0.0508. The number of phosphoric ester groups is 2. The Morgan fingerprint density at radius 3 is 0.862 bits per heavy atom. The van der Waals surface area contributed by atoms with Crippen LogP contribution in [0, 0.1) is 17.8 Å². The van der Waals surface area contributed by atoms with E-state index in [4.69, 9.17) is 37.0 Å². The molecule has 94 heavy (non-hydrogen) atoms. The third kappa shape index (κ3) is 68.1. The molecule has 0 aliphatic heterocycles. The Morgan fingerprint density at radius 1 is 0.330 bits per heavy atom. The lowest BCUT2D eigenvalue weighted by Crippen LogP contribution is -2.30. The highest BCUT2D eigenvalue weighted by Gasteiger charge is 2.30. The standard InChI is InChI=1S/C75H142O17P2/c1-8-9-10-11-12-13-14-15-18-23-26-29-35-44-51-58-74(79)91-70(62-85-72(77)56-49-42-34-28-25-22-20-17-16-19-21-24-27-32-39-46-53-66(2)3)64-89-93(81,82)87-60-69(76)61-88-94(83,84)90-65-71(63-86-73(78)57-50-43-38-37-41-48-55-68(6)7)92-75(80)59-52-45-36-31-30-33-40-47-54-67(4)5/h13-15,18,66-71,76H,8-12,16-17,19-65H2,1-7H3,(H,81,82)(H,83,84)/b14-13-,18-15-/t69-,70-,71-/m1/s1. The molecule has 5 atom stereocenters. The number of unbranched alkanes of at least 4 members (excludes halogenated alkanes) is 36. The fourth-order valence-electron chi connectivity index (χ4n) is 10.9. The van der Waals surface area contributed by atoms with E-state index in [-0.39, 0.29) is 25.7 Å². The van der Waals surface area contributed by atoms with Crippen molar-refractivity contribution in [2.45, 2.75) is 375 Å². The van der Waals surface area contributed by atoms with E-state index < -0.39 is 97.5 Å². The fraction of sp³-hybridized carbons (Fsp3) is 0.893. The van der Waals surface area contributed by atoms with Crippen LogP contribution in [0.2, 0.25) is 0 Å². The van der Waals surface area contributed by atoms with Crippen LogP contribution in [-0.4, -0.2) is 96.7 Å². The van der Waals surface area contributed by atoms with E-state index in [1.54, 1.807) is 0 Å². The minimum Gasteiger partial charge on any atom is -0.462 e. The third-order valence-electron chi connectivity index (χ3n) is 16.8. The smallest absolute Gasteiger partial charge is 0.462 e. The second-order valence-corrected chi connectivity index (χ2v) is 30.7. The fourth-order valence-corrected chi connectivity index (χ4v) is 12.5. The molecule has 0 rings (SSSR count). The molecule has 0 aliphatic rings. The number of carbonyl (C=O) groups is 4. The van der Waals surface area contributed by atoms with E-state index in [0.717, 1.165) is 115 Å². The number of ether oxygens (including phenoxy) is 4. The average Bonchev–Trinajstić information content (AvgIpc) is 1.97. The molecule has 0 aromatic heterocycles. The molecule has 554 valence electrons. The number of allylic oxidation sites excluding steroid dienone is 4. The van der Waals surface area contributed by atoms with Crippen LogP contribution in [0.4, 0.5) is 0 Å². The zero-order valence-corrected chi connectivity index (χ0v) is 62.7. The SMILES string of the molecule is CCCCCC/C=C\C=C/CCCCCCCC(=O)O[C@H](COC(=O)CCCCCCCCCCCCCCCCCCC(C)C)COP(=O)(O)OC[C@@H](O)COP(=O)(O)OC[C@@H](COC(=O)CCCCCCCCC(C)C)OC(=O)CCCCCCCCCCC(C)C. The van der Waals surface area contributed by atoms with Crippen molar-refractivity contribution in [2.24, 2.45) is 17.8 Å². The quantitative estimate of drug-likeness (QED) is 0.0169. The van der Waals surface area contributed by atoms with E-state index in [1.807, 2.05) is 0 Å². The van der Waals surface area contributed by atoms with Gasteiger partial charge in [0.15, 0.2) is 12.2 Å². The molecule has 0 saturated heterocycles. The van der Waals surface area contributed by atoms with Gasteiger partial charge >= 0.3 is 39.5 Å². The molecular weight excluding hydrogens is 1230 g/mol. The molecule has 17 nitrogen and oxygen atoms in total. The van der Waals surface area contributed by atoms with Crippen molar-refractivity contribution in [3.8, 4) is 0 Å². The predicted molar refractivity (Wildman–Crippen MR) is 381 cm³/mol. The lowest BCUT2D eigenvalue weighted by molar-refractivity contribution is -0.161. The summed E-state index contributed by atoms with van der Waals surface area (Å²) < 4.78 is 68.4. The van der Waals surface area contributed by atoms with Gasteiger partial charge in [-0.1, -0.05) is 304 Å². The van der Waals surface area contributed by atoms with Gasteiger partial charge < -0.3 is 33.8 Å². The molecule has 0 aliphatic carbocycles. The van der Waals surface area contributed by atoms with Gasteiger partial charge in [-0.2, -0.15) is 0 Å². The summed E-state index contributed by atoms with van der Waals surface area (Å²) in [7, 11) is -9.92. The maximum absolute atomic E-state index is 13.1. The Kier molecular flexibility index (Phi) is 63.5. The van der Waals surface area contributed by atoms with Gasteiger partial charge in [-0.25, -0.2) is 9.13 Å². The Hall–Kier alpha value is -2.46. The van der Waals surface area contributed by atoms with Gasteiger partial charge in [-0.3, -0.25) is 37.3 Å². The second kappa shape index (κ2) is 65.2. The lowest BCUT2D eigenvalue weighted by Gasteiger charge is -2.21. The van der Waals surface area contributed by atoms with Gasteiger partial charge in [0.25, 0.3) is 0 Å². The van der Waals surface area contributed by atoms with Crippen molar-refractivity contribution in [3.05, 3.63) is 24.3 Å². The lowest BCUT2D eigenvalue weighted by atomic mass is 10.0. The van der Waals surface area contributed by atoms with Gasteiger partial charge in [0, 0.05) is 25.7 Å². The van der Waals surface area contributed by atoms with Gasteiger partial charge in [-0.05, 0) is 69.1 Å². The van der Waals surface area contributed by atoms with Crippen LogP contribution in [0.3, 0.4) is 0 Å². The maximum atomic E-state index is 13.1. The number of esters is 4. The number of hydrogen-bond donors (Lipinski definition) is 3. The van der Waals surface area contributed by atoms with E-state index in [9.17, 15) is 43.2 Å². The topological polar surface area (TPSA) is 237 Å². The molecule has 0 radical (unpaired) electrons. The zero-order valence-electron chi connectivity index (χ0n) is 60.9. The van der Waals surface area contributed by atoms with Crippen molar-refractivity contribution in [3.63, 3.8) is 0 Å². The van der Waals surface area contributed by atoms with Crippen molar-refractivity contribution < 1.29 is 80.2 Å². The van der Waals surface area contributed by atoms with Crippen LogP contribution < -0.4 is 0 Å². The molecule has 0 heterocycles. The van der Waals surface area contributed by atoms with E-state index in [2.05, 4.69) is 72.8 Å². The summed E-state index contributed by atoms with van der Waals surface area (Å²) in [5, 5.41) is 10.6. The molecule has 0 fully saturated rings. The first-order valence-electron chi connectivity index (χ1n) is 38.2. The third-order valence-corrected chi connectivity index (χ3v) is 18.7. The van der Waals surface area contributed by atoms with E-state index >= 15 is 0 Å². The minimum atomic E-state index is -4.96. The Labute approximate surface area is 573 Å².